The number of hydrogen-bond acceptors (Lipinski definition) is 6. The van der Waals surface area contributed by atoms with Gasteiger partial charge in [-0.1, -0.05) is 33.8 Å². The van der Waals surface area contributed by atoms with E-state index in [2.05, 4.69) is 38.3 Å². The summed E-state index contributed by atoms with van der Waals surface area (Å²) in [5, 5.41) is 5.85. The van der Waals surface area contributed by atoms with Gasteiger partial charge in [-0.3, -0.25) is 14.4 Å². The van der Waals surface area contributed by atoms with Gasteiger partial charge in [0.2, 0.25) is 11.8 Å². The monoisotopic (exact) mass is 581 g/mol. The molecule has 2 heterocycles. The molecule has 226 valence electrons. The fourth-order valence-electron chi connectivity index (χ4n) is 6.30. The largest absolute Gasteiger partial charge is 0.493 e. The molecule has 0 spiro atoms. The van der Waals surface area contributed by atoms with E-state index in [0.29, 0.717) is 42.2 Å². The van der Waals surface area contributed by atoms with E-state index >= 15 is 0 Å². The second-order valence-electron chi connectivity index (χ2n) is 12.6. The number of fused-ring (bicyclic) bond motifs is 5. The Kier molecular flexibility index (Phi) is 8.09. The topological polar surface area (TPSA) is 106 Å². The van der Waals surface area contributed by atoms with Crippen molar-refractivity contribution >= 4 is 17.7 Å². The Morgan fingerprint density at radius 1 is 1.02 bits per heavy atom. The number of piperidine rings is 1. The van der Waals surface area contributed by atoms with Gasteiger partial charge in [0.05, 0.1) is 13.2 Å². The van der Waals surface area contributed by atoms with Crippen LogP contribution in [0.4, 0.5) is 4.39 Å². The van der Waals surface area contributed by atoms with E-state index in [9.17, 15) is 18.8 Å². The normalized spacial score (nSPS) is 24.0. The molecule has 0 aromatic heterocycles. The van der Waals surface area contributed by atoms with E-state index < -0.39 is 18.0 Å². The van der Waals surface area contributed by atoms with Crippen molar-refractivity contribution in [2.45, 2.75) is 65.6 Å². The third-order valence-electron chi connectivity index (χ3n) is 9.41. The zero-order valence-electron chi connectivity index (χ0n) is 24.9. The number of aryl methyl sites for hydroxylation is 1. The number of methoxy groups -OCH3 is 1. The molecule has 0 radical (unpaired) electrons. The first kappa shape index (κ1) is 29.7. The average Bonchev–Trinajstić information content (AvgIpc) is 3.36. The Hall–Kier alpha value is -3.82. The summed E-state index contributed by atoms with van der Waals surface area (Å²) in [6, 6.07) is 9.12. The van der Waals surface area contributed by atoms with Gasteiger partial charge in [0.25, 0.3) is 5.91 Å². The number of halogens is 1. The predicted octanol–water partition coefficient (Wildman–Crippen LogP) is 3.62. The maximum absolute atomic E-state index is 14.6. The highest BCUT2D eigenvalue weighted by atomic mass is 19.1. The summed E-state index contributed by atoms with van der Waals surface area (Å²) in [4.78, 5) is 41.1. The van der Waals surface area contributed by atoms with Gasteiger partial charge < -0.3 is 29.7 Å². The number of rotatable bonds is 2. The van der Waals surface area contributed by atoms with Gasteiger partial charge in [-0.25, -0.2) is 4.39 Å². The molecule has 42 heavy (non-hydrogen) atoms. The minimum absolute atomic E-state index is 0.0683. The van der Waals surface area contributed by atoms with E-state index in [4.69, 9.17) is 14.2 Å². The van der Waals surface area contributed by atoms with Crippen LogP contribution in [0.3, 0.4) is 0 Å². The van der Waals surface area contributed by atoms with Crippen molar-refractivity contribution in [1.82, 2.24) is 15.5 Å². The number of nitrogens with zero attached hydrogens (tertiary/aromatic N) is 1. The second kappa shape index (κ2) is 11.5. The third-order valence-corrected chi connectivity index (χ3v) is 9.41. The van der Waals surface area contributed by atoms with Crippen LogP contribution in [0.5, 0.6) is 17.2 Å². The van der Waals surface area contributed by atoms with Crippen LogP contribution in [0.2, 0.25) is 0 Å². The number of ether oxygens (including phenoxy) is 3. The highest BCUT2D eigenvalue weighted by molar-refractivity contribution is 5.84. The Labute approximate surface area is 246 Å². The summed E-state index contributed by atoms with van der Waals surface area (Å²) in [5.41, 5.74) is 1.17. The quantitative estimate of drug-likeness (QED) is 0.561. The molecule has 5 rings (SSSR count). The first-order chi connectivity index (χ1) is 19.9. The van der Waals surface area contributed by atoms with Crippen molar-refractivity contribution in [1.29, 1.82) is 0 Å². The summed E-state index contributed by atoms with van der Waals surface area (Å²) in [6.07, 6.45) is 0.597. The zero-order chi connectivity index (χ0) is 30.2. The highest BCUT2D eigenvalue weighted by Crippen LogP contribution is 2.68. The fraction of sp³-hybridized carbons (Fsp3) is 0.531. The molecule has 0 unspecified atom stereocenters. The van der Waals surface area contributed by atoms with Crippen molar-refractivity contribution in [3.8, 4) is 17.2 Å². The molecule has 2 aliphatic heterocycles. The average molecular weight is 582 g/mol. The molecule has 4 bridgehead atoms. The van der Waals surface area contributed by atoms with E-state index in [-0.39, 0.29) is 60.6 Å². The van der Waals surface area contributed by atoms with E-state index in [1.807, 2.05) is 6.07 Å². The van der Waals surface area contributed by atoms with Crippen molar-refractivity contribution in [3.05, 3.63) is 53.3 Å². The molecular weight excluding hydrogens is 541 g/mol. The van der Waals surface area contributed by atoms with Crippen molar-refractivity contribution in [2.24, 2.45) is 16.7 Å². The molecule has 1 saturated carbocycles. The van der Waals surface area contributed by atoms with Gasteiger partial charge in [0, 0.05) is 44.5 Å². The lowest BCUT2D eigenvalue weighted by molar-refractivity contribution is -0.138. The standard InChI is InChI=1S/C32H40FN3O6/c1-31(2)29(32(31,3)4)30(39)36-11-10-24-23(17-36)35-28(38)18-41-26-14-19(6-8-25(26)40-5)7-9-27(37)34-16-20-12-21(33)15-22(13-20)42-24/h6,8,12-15,23-24,29H,7,9-11,16-18H2,1-5H3,(H,34,37)(H,35,38)/t23-,24-/m1/s1. The maximum Gasteiger partial charge on any atom is 0.258 e. The number of amides is 3. The molecule has 9 nitrogen and oxygen atoms in total. The van der Waals surface area contributed by atoms with Gasteiger partial charge in [-0.05, 0) is 52.6 Å². The van der Waals surface area contributed by atoms with Gasteiger partial charge in [0.15, 0.2) is 18.1 Å². The van der Waals surface area contributed by atoms with Crippen molar-refractivity contribution < 1.29 is 33.0 Å². The van der Waals surface area contributed by atoms with Crippen LogP contribution in [-0.2, 0) is 27.3 Å². The van der Waals surface area contributed by atoms with Crippen LogP contribution in [0.15, 0.2) is 36.4 Å². The Morgan fingerprint density at radius 3 is 2.50 bits per heavy atom. The van der Waals surface area contributed by atoms with Gasteiger partial charge in [-0.15, -0.1) is 0 Å². The molecule has 3 aliphatic rings. The number of benzene rings is 2. The molecule has 2 N–H and O–H groups in total. The SMILES string of the molecule is COc1ccc2cc1OCC(=O)N[C@@H]1CN(C(=O)C3C(C)(C)C3(C)C)CC[C@H]1Oc1cc(F)cc(c1)CNC(=O)CC2. The molecule has 2 aromatic rings. The van der Waals surface area contributed by atoms with Gasteiger partial charge in [-0.2, -0.15) is 0 Å². The molecule has 2 atom stereocenters. The molecule has 1 aliphatic carbocycles. The fourth-order valence-corrected chi connectivity index (χ4v) is 6.30. The summed E-state index contributed by atoms with van der Waals surface area (Å²) in [5.74, 6) is 0.0593. The first-order valence-corrected chi connectivity index (χ1v) is 14.5. The number of hydrogen-bond donors (Lipinski definition) is 2. The van der Waals surface area contributed by atoms with Crippen LogP contribution in [-0.4, -0.2) is 61.6 Å². The summed E-state index contributed by atoms with van der Waals surface area (Å²) < 4.78 is 32.1. The summed E-state index contributed by atoms with van der Waals surface area (Å²) in [7, 11) is 1.52. The third kappa shape index (κ3) is 6.03. The number of nitrogens with one attached hydrogen (secondary N) is 2. The molecule has 10 heteroatoms. The van der Waals surface area contributed by atoms with Crippen LogP contribution in [0.25, 0.3) is 0 Å². The second-order valence-corrected chi connectivity index (χ2v) is 12.6. The van der Waals surface area contributed by atoms with Gasteiger partial charge >= 0.3 is 0 Å². The maximum atomic E-state index is 14.6. The molecule has 2 aromatic carbocycles. The lowest BCUT2D eigenvalue weighted by Crippen LogP contribution is -2.59. The summed E-state index contributed by atoms with van der Waals surface area (Å²) in [6.45, 7) is 8.99. The molecule has 3 amide bonds. The minimum Gasteiger partial charge on any atom is -0.493 e. The van der Waals surface area contributed by atoms with E-state index in [0.717, 1.165) is 5.56 Å². The lowest BCUT2D eigenvalue weighted by Gasteiger charge is -2.39. The van der Waals surface area contributed by atoms with Gasteiger partial charge in [0.1, 0.15) is 17.7 Å². The number of carbonyl (C=O) groups is 3. The zero-order valence-corrected chi connectivity index (χ0v) is 24.9. The number of likely N-dealkylation sites (tertiary alicyclic amines) is 1. The molecular formula is C32H40FN3O6. The lowest BCUT2D eigenvalue weighted by atomic mass is 10.00. The highest BCUT2D eigenvalue weighted by Gasteiger charge is 2.69. The van der Waals surface area contributed by atoms with Crippen molar-refractivity contribution in [3.63, 3.8) is 0 Å². The molecule has 1 saturated heterocycles. The van der Waals surface area contributed by atoms with E-state index in [1.54, 1.807) is 23.1 Å². The Bertz CT molecular complexity index is 1360. The summed E-state index contributed by atoms with van der Waals surface area (Å²) >= 11 is 0. The first-order valence-electron chi connectivity index (χ1n) is 14.5. The van der Waals surface area contributed by atoms with Crippen LogP contribution >= 0.6 is 0 Å². The minimum atomic E-state index is -0.553. The Morgan fingerprint density at radius 2 is 1.79 bits per heavy atom. The van der Waals surface area contributed by atoms with Crippen LogP contribution in [0, 0.1) is 22.6 Å². The number of carbonyl (C=O) groups excluding carboxylic acids is 3. The van der Waals surface area contributed by atoms with Crippen LogP contribution < -0.4 is 24.8 Å². The van der Waals surface area contributed by atoms with Crippen molar-refractivity contribution in [2.75, 3.05) is 26.8 Å². The smallest absolute Gasteiger partial charge is 0.258 e. The molecule has 2 fully saturated rings. The predicted molar refractivity (Wildman–Crippen MR) is 154 cm³/mol. The van der Waals surface area contributed by atoms with Crippen LogP contribution in [0.1, 0.15) is 51.7 Å². The Balaban J connectivity index is 1.41. The van der Waals surface area contributed by atoms with E-state index in [1.165, 1.54) is 19.2 Å².